The Hall–Kier alpha value is -2.61. The molecule has 0 radical (unpaired) electrons. The first-order valence-corrected chi connectivity index (χ1v) is 12.3. The quantitative estimate of drug-likeness (QED) is 0.155. The van der Waals surface area contributed by atoms with Crippen LogP contribution in [-0.2, 0) is 30.4 Å². The van der Waals surface area contributed by atoms with Crippen LogP contribution in [0.5, 0.6) is 0 Å². The lowest BCUT2D eigenvalue weighted by atomic mass is 10.0. The van der Waals surface area contributed by atoms with E-state index >= 15 is 0 Å². The normalized spacial score (nSPS) is 18.1. The molecular weight excluding hydrogens is 472 g/mol. The fourth-order valence-corrected chi connectivity index (χ4v) is 4.20. The molecule has 0 bridgehead atoms. The number of esters is 1. The Morgan fingerprint density at radius 2 is 1.86 bits per heavy atom. The Labute approximate surface area is 211 Å². The van der Waals surface area contributed by atoms with Crippen LogP contribution in [0.3, 0.4) is 0 Å². The standard InChI is InChI=1S/C24H38N4O8/c1-3-9-19(22(29)27-21(23(30)31)12-7-15-26(27)2)25-20(14-13-18-10-5-4-6-11-18)24(32)35-16-8-17-36-28(33)34/h4-6,10-11,19-21,25,33-34H,3,7-9,12-17H2,1-2H3,(H,30,31). The predicted molar refractivity (Wildman–Crippen MR) is 127 cm³/mol. The summed E-state index contributed by atoms with van der Waals surface area (Å²) in [4.78, 5) is 42.8. The molecule has 202 valence electrons. The average Bonchev–Trinajstić information content (AvgIpc) is 2.85. The van der Waals surface area contributed by atoms with Gasteiger partial charge in [-0.1, -0.05) is 43.7 Å². The highest BCUT2D eigenvalue weighted by Crippen LogP contribution is 2.20. The zero-order valence-electron chi connectivity index (χ0n) is 20.9. The van der Waals surface area contributed by atoms with Gasteiger partial charge in [-0.25, -0.2) is 9.80 Å². The Bertz CT molecular complexity index is 826. The van der Waals surface area contributed by atoms with Crippen molar-refractivity contribution < 1.29 is 39.5 Å². The summed E-state index contributed by atoms with van der Waals surface area (Å²) < 4.78 is 5.37. The van der Waals surface area contributed by atoms with E-state index < -0.39 is 35.5 Å². The minimum atomic E-state index is -1.06. The van der Waals surface area contributed by atoms with Crippen LogP contribution in [-0.4, -0.2) is 93.7 Å². The second-order valence-corrected chi connectivity index (χ2v) is 8.75. The predicted octanol–water partition coefficient (Wildman–Crippen LogP) is 1.61. The summed E-state index contributed by atoms with van der Waals surface area (Å²) in [6.07, 6.45) is 3.26. The fraction of sp³-hybridized carbons (Fsp3) is 0.625. The van der Waals surface area contributed by atoms with E-state index in [1.807, 2.05) is 37.3 Å². The van der Waals surface area contributed by atoms with Crippen molar-refractivity contribution in [1.82, 2.24) is 20.7 Å². The molecule has 12 heteroatoms. The van der Waals surface area contributed by atoms with Gasteiger partial charge in [0.05, 0.1) is 24.6 Å². The van der Waals surface area contributed by atoms with E-state index in [0.29, 0.717) is 45.1 Å². The van der Waals surface area contributed by atoms with Crippen molar-refractivity contribution in [3.63, 3.8) is 0 Å². The molecule has 1 aliphatic heterocycles. The van der Waals surface area contributed by atoms with Gasteiger partial charge in [-0.3, -0.25) is 35.2 Å². The molecule has 0 aliphatic carbocycles. The second-order valence-electron chi connectivity index (χ2n) is 8.75. The molecule has 36 heavy (non-hydrogen) atoms. The van der Waals surface area contributed by atoms with Crippen molar-refractivity contribution in [3.05, 3.63) is 35.9 Å². The number of carbonyl (C=O) groups is 3. The van der Waals surface area contributed by atoms with Crippen molar-refractivity contribution in [2.24, 2.45) is 0 Å². The Balaban J connectivity index is 2.14. The number of ether oxygens (including phenoxy) is 1. The number of rotatable bonds is 15. The molecule has 1 amide bonds. The Morgan fingerprint density at radius 3 is 2.50 bits per heavy atom. The molecule has 1 aromatic rings. The minimum absolute atomic E-state index is 0.0153. The Morgan fingerprint density at radius 1 is 1.14 bits per heavy atom. The van der Waals surface area contributed by atoms with Crippen LogP contribution in [0, 0.1) is 0 Å². The molecule has 1 aromatic carbocycles. The maximum absolute atomic E-state index is 13.5. The monoisotopic (exact) mass is 510 g/mol. The van der Waals surface area contributed by atoms with Gasteiger partial charge >= 0.3 is 11.9 Å². The number of hydrazine groups is 1. The van der Waals surface area contributed by atoms with Crippen molar-refractivity contribution in [2.45, 2.75) is 70.0 Å². The summed E-state index contributed by atoms with van der Waals surface area (Å²) in [6.45, 7) is 2.39. The number of aliphatic carboxylic acids is 1. The first kappa shape index (κ1) is 29.6. The van der Waals surface area contributed by atoms with E-state index in [9.17, 15) is 19.5 Å². The molecule has 0 saturated carbocycles. The number of nitrogens with zero attached hydrogens (tertiary/aromatic N) is 3. The summed E-state index contributed by atoms with van der Waals surface area (Å²) in [5.74, 6) is -1.99. The highest BCUT2D eigenvalue weighted by molar-refractivity contribution is 5.87. The van der Waals surface area contributed by atoms with Crippen LogP contribution in [0.1, 0.15) is 51.0 Å². The zero-order valence-corrected chi connectivity index (χ0v) is 20.9. The van der Waals surface area contributed by atoms with Crippen molar-refractivity contribution in [2.75, 3.05) is 26.8 Å². The molecule has 0 aromatic heterocycles. The zero-order chi connectivity index (χ0) is 26.5. The van der Waals surface area contributed by atoms with Crippen LogP contribution in [0.4, 0.5) is 0 Å². The lowest BCUT2D eigenvalue weighted by molar-refractivity contribution is -0.492. The van der Waals surface area contributed by atoms with E-state index in [-0.39, 0.29) is 25.5 Å². The van der Waals surface area contributed by atoms with Gasteiger partial charge in [-0.15, -0.1) is 0 Å². The molecule has 1 aliphatic rings. The number of amides is 1. The number of nitrogens with one attached hydrogen (secondary N) is 1. The molecule has 3 atom stereocenters. The van der Waals surface area contributed by atoms with Crippen LogP contribution in [0.15, 0.2) is 30.3 Å². The number of carbonyl (C=O) groups excluding carboxylic acids is 2. The van der Waals surface area contributed by atoms with Crippen LogP contribution >= 0.6 is 0 Å². The van der Waals surface area contributed by atoms with Crippen molar-refractivity contribution in [1.29, 1.82) is 0 Å². The molecular formula is C24H38N4O8. The number of carboxylic acids is 1. The summed E-state index contributed by atoms with van der Waals surface area (Å²) >= 11 is 0. The van der Waals surface area contributed by atoms with Gasteiger partial charge in [-0.2, -0.15) is 0 Å². The summed E-state index contributed by atoms with van der Waals surface area (Å²) in [5.41, 5.74) is 1.02. The lowest BCUT2D eigenvalue weighted by Crippen LogP contribution is -2.62. The van der Waals surface area contributed by atoms with Gasteiger partial charge in [0.25, 0.3) is 5.91 Å². The summed E-state index contributed by atoms with van der Waals surface area (Å²) in [6, 6.07) is 7.08. The van der Waals surface area contributed by atoms with E-state index in [4.69, 9.17) is 15.2 Å². The van der Waals surface area contributed by atoms with Gasteiger partial charge in [-0.05, 0) is 37.7 Å². The van der Waals surface area contributed by atoms with Gasteiger partial charge in [0.2, 0.25) is 0 Å². The number of benzene rings is 1. The van der Waals surface area contributed by atoms with Crippen molar-refractivity contribution in [3.8, 4) is 0 Å². The first-order valence-electron chi connectivity index (χ1n) is 12.3. The highest BCUT2D eigenvalue weighted by atomic mass is 17.1. The smallest absolute Gasteiger partial charge is 0.328 e. The van der Waals surface area contributed by atoms with Gasteiger partial charge in [0, 0.05) is 20.0 Å². The third-order valence-corrected chi connectivity index (χ3v) is 6.00. The van der Waals surface area contributed by atoms with E-state index in [2.05, 4.69) is 10.2 Å². The number of carboxylic acid groups (broad SMARTS) is 1. The summed E-state index contributed by atoms with van der Waals surface area (Å²) in [7, 11) is 1.69. The molecule has 4 N–H and O–H groups in total. The van der Waals surface area contributed by atoms with Crippen LogP contribution in [0.25, 0.3) is 0 Å². The van der Waals surface area contributed by atoms with Gasteiger partial charge in [0.15, 0.2) is 0 Å². The third-order valence-electron chi connectivity index (χ3n) is 6.00. The highest BCUT2D eigenvalue weighted by Gasteiger charge is 2.39. The summed E-state index contributed by atoms with van der Waals surface area (Å²) in [5, 5.41) is 32.5. The molecule has 12 nitrogen and oxygen atoms in total. The topological polar surface area (TPSA) is 152 Å². The first-order chi connectivity index (χ1) is 17.2. The molecule has 3 unspecified atom stereocenters. The van der Waals surface area contributed by atoms with Crippen molar-refractivity contribution >= 4 is 17.8 Å². The fourth-order valence-electron chi connectivity index (χ4n) is 4.20. The van der Waals surface area contributed by atoms with Crippen LogP contribution in [0.2, 0.25) is 0 Å². The molecule has 1 fully saturated rings. The largest absolute Gasteiger partial charge is 0.480 e. The van der Waals surface area contributed by atoms with E-state index in [0.717, 1.165) is 5.56 Å². The number of hydrogen-bond acceptors (Lipinski definition) is 10. The van der Waals surface area contributed by atoms with E-state index in [1.165, 1.54) is 5.01 Å². The lowest BCUT2D eigenvalue weighted by Gasteiger charge is -2.42. The molecule has 0 spiro atoms. The Kier molecular flexibility index (Phi) is 12.7. The number of aryl methyl sites for hydroxylation is 1. The van der Waals surface area contributed by atoms with Gasteiger partial charge < -0.3 is 9.84 Å². The maximum atomic E-state index is 13.5. The van der Waals surface area contributed by atoms with Crippen LogP contribution < -0.4 is 5.32 Å². The average molecular weight is 511 g/mol. The van der Waals surface area contributed by atoms with E-state index in [1.54, 1.807) is 12.1 Å². The number of hydrogen-bond donors (Lipinski definition) is 4. The second kappa shape index (κ2) is 15.5. The maximum Gasteiger partial charge on any atom is 0.328 e. The molecule has 1 saturated heterocycles. The molecule has 1 heterocycles. The van der Waals surface area contributed by atoms with Gasteiger partial charge in [0.1, 0.15) is 12.1 Å². The SMILES string of the molecule is CCCC(NC(CCc1ccccc1)C(=O)OCCCON(O)O)C(=O)N1C(C(=O)O)CCCN1C. The third kappa shape index (κ3) is 9.45. The minimum Gasteiger partial charge on any atom is -0.480 e. The molecule has 2 rings (SSSR count).